The van der Waals surface area contributed by atoms with Crippen LogP contribution in [0.4, 0.5) is 10.1 Å². The van der Waals surface area contributed by atoms with Gasteiger partial charge < -0.3 is 15.7 Å². The van der Waals surface area contributed by atoms with E-state index in [0.29, 0.717) is 23.2 Å². The number of aliphatic hydroxyl groups is 1. The van der Waals surface area contributed by atoms with Gasteiger partial charge in [-0.15, -0.1) is 0 Å². The summed E-state index contributed by atoms with van der Waals surface area (Å²) in [6.07, 6.45) is 1.82. The SMILES string of the molecule is CCC(CC)N(CCO)c1ccc(CN)c(Br)c1F. The number of rotatable bonds is 7. The largest absolute Gasteiger partial charge is 0.395 e. The molecule has 1 rings (SSSR count). The second-order valence-corrected chi connectivity index (χ2v) is 5.26. The fourth-order valence-electron chi connectivity index (χ4n) is 2.30. The van der Waals surface area contributed by atoms with E-state index in [9.17, 15) is 9.50 Å². The third-order valence-corrected chi connectivity index (χ3v) is 4.25. The van der Waals surface area contributed by atoms with Gasteiger partial charge >= 0.3 is 0 Å². The molecule has 108 valence electrons. The second kappa shape index (κ2) is 7.82. The topological polar surface area (TPSA) is 49.5 Å². The van der Waals surface area contributed by atoms with Crippen LogP contribution in [-0.4, -0.2) is 24.3 Å². The number of aliphatic hydroxyl groups excluding tert-OH is 1. The van der Waals surface area contributed by atoms with Gasteiger partial charge in [0.25, 0.3) is 0 Å². The maximum atomic E-state index is 14.4. The molecule has 0 aromatic heterocycles. The zero-order chi connectivity index (χ0) is 14.4. The lowest BCUT2D eigenvalue weighted by Crippen LogP contribution is -2.37. The van der Waals surface area contributed by atoms with Gasteiger partial charge in [-0.3, -0.25) is 0 Å². The quantitative estimate of drug-likeness (QED) is 0.806. The van der Waals surface area contributed by atoms with Crippen molar-refractivity contribution in [3.63, 3.8) is 0 Å². The van der Waals surface area contributed by atoms with E-state index in [1.165, 1.54) is 0 Å². The molecule has 0 saturated heterocycles. The van der Waals surface area contributed by atoms with Crippen LogP contribution in [-0.2, 0) is 6.54 Å². The minimum absolute atomic E-state index is 0.00615. The number of hydrogen-bond donors (Lipinski definition) is 2. The molecule has 0 radical (unpaired) electrons. The smallest absolute Gasteiger partial charge is 0.160 e. The summed E-state index contributed by atoms with van der Waals surface area (Å²) in [7, 11) is 0. The summed E-state index contributed by atoms with van der Waals surface area (Å²) in [5.74, 6) is -0.302. The number of nitrogens with zero attached hydrogens (tertiary/aromatic N) is 1. The first-order valence-electron chi connectivity index (χ1n) is 6.65. The molecule has 0 atom stereocenters. The van der Waals surface area contributed by atoms with Gasteiger partial charge in [0.15, 0.2) is 5.82 Å². The van der Waals surface area contributed by atoms with Crippen LogP contribution in [0.25, 0.3) is 0 Å². The van der Waals surface area contributed by atoms with Crippen molar-refractivity contribution in [2.24, 2.45) is 5.73 Å². The number of nitrogens with two attached hydrogens (primary N) is 1. The molecule has 1 aromatic carbocycles. The van der Waals surface area contributed by atoms with E-state index in [1.807, 2.05) is 11.0 Å². The normalized spacial score (nSPS) is 11.1. The molecule has 0 spiro atoms. The summed E-state index contributed by atoms with van der Waals surface area (Å²) in [5, 5.41) is 9.20. The number of anilines is 1. The van der Waals surface area contributed by atoms with Crippen molar-refractivity contribution >= 4 is 21.6 Å². The van der Waals surface area contributed by atoms with Crippen molar-refractivity contribution in [2.45, 2.75) is 39.3 Å². The Morgan fingerprint density at radius 2 is 2.00 bits per heavy atom. The first-order chi connectivity index (χ1) is 9.10. The highest BCUT2D eigenvalue weighted by Crippen LogP contribution is 2.31. The molecule has 0 saturated carbocycles. The molecular weight excluding hydrogens is 311 g/mol. The van der Waals surface area contributed by atoms with E-state index in [1.54, 1.807) is 6.07 Å². The van der Waals surface area contributed by atoms with Crippen molar-refractivity contribution < 1.29 is 9.50 Å². The fraction of sp³-hybridized carbons (Fsp3) is 0.571. The molecule has 3 nitrogen and oxygen atoms in total. The highest BCUT2D eigenvalue weighted by molar-refractivity contribution is 9.10. The van der Waals surface area contributed by atoms with Gasteiger partial charge in [-0.2, -0.15) is 0 Å². The van der Waals surface area contributed by atoms with E-state index < -0.39 is 0 Å². The third-order valence-electron chi connectivity index (χ3n) is 3.40. The molecule has 0 amide bonds. The van der Waals surface area contributed by atoms with Crippen molar-refractivity contribution in [3.05, 3.63) is 28.0 Å². The minimum Gasteiger partial charge on any atom is -0.395 e. The monoisotopic (exact) mass is 332 g/mol. The number of benzene rings is 1. The summed E-state index contributed by atoms with van der Waals surface area (Å²) in [4.78, 5) is 1.93. The van der Waals surface area contributed by atoms with E-state index >= 15 is 0 Å². The number of halogens is 2. The summed E-state index contributed by atoms with van der Waals surface area (Å²) < 4.78 is 14.8. The van der Waals surface area contributed by atoms with Gasteiger partial charge in [-0.05, 0) is 40.4 Å². The summed E-state index contributed by atoms with van der Waals surface area (Å²) in [5.41, 5.74) is 6.83. The van der Waals surface area contributed by atoms with Crippen LogP contribution in [0.3, 0.4) is 0 Å². The Kier molecular flexibility index (Phi) is 6.75. The van der Waals surface area contributed by atoms with Crippen LogP contribution in [0.15, 0.2) is 16.6 Å². The average molecular weight is 333 g/mol. The van der Waals surface area contributed by atoms with Crippen molar-refractivity contribution in [3.8, 4) is 0 Å². The summed E-state index contributed by atoms with van der Waals surface area (Å²) >= 11 is 3.26. The second-order valence-electron chi connectivity index (χ2n) is 4.46. The molecule has 3 N–H and O–H groups in total. The fourth-order valence-corrected chi connectivity index (χ4v) is 2.79. The Bertz CT molecular complexity index is 411. The Hall–Kier alpha value is -0.650. The Morgan fingerprint density at radius 1 is 1.37 bits per heavy atom. The molecule has 0 unspecified atom stereocenters. The van der Waals surface area contributed by atoms with Gasteiger partial charge in [0.2, 0.25) is 0 Å². The van der Waals surface area contributed by atoms with Crippen LogP contribution < -0.4 is 10.6 Å². The summed E-state index contributed by atoms with van der Waals surface area (Å²) in [6.45, 7) is 4.87. The molecule has 5 heteroatoms. The average Bonchev–Trinajstić information content (AvgIpc) is 2.42. The minimum atomic E-state index is -0.302. The predicted octanol–water partition coefficient (Wildman–Crippen LogP) is 3.03. The van der Waals surface area contributed by atoms with Crippen LogP contribution in [0, 0.1) is 5.82 Å². The lowest BCUT2D eigenvalue weighted by Gasteiger charge is -2.32. The predicted molar refractivity (Wildman–Crippen MR) is 80.8 cm³/mol. The van der Waals surface area contributed by atoms with Crippen LogP contribution in [0.5, 0.6) is 0 Å². The van der Waals surface area contributed by atoms with Crippen molar-refractivity contribution in [2.75, 3.05) is 18.1 Å². The van der Waals surface area contributed by atoms with Crippen LogP contribution >= 0.6 is 15.9 Å². The van der Waals surface area contributed by atoms with Crippen LogP contribution in [0.2, 0.25) is 0 Å². The molecule has 0 aliphatic carbocycles. The van der Waals surface area contributed by atoms with E-state index in [0.717, 1.165) is 18.4 Å². The Morgan fingerprint density at radius 3 is 2.47 bits per heavy atom. The Balaban J connectivity index is 3.19. The zero-order valence-electron chi connectivity index (χ0n) is 11.5. The van der Waals surface area contributed by atoms with Gasteiger partial charge in [-0.25, -0.2) is 4.39 Å². The van der Waals surface area contributed by atoms with Gasteiger partial charge in [0.1, 0.15) is 0 Å². The number of hydrogen-bond acceptors (Lipinski definition) is 3. The first kappa shape index (κ1) is 16.4. The van der Waals surface area contributed by atoms with Crippen molar-refractivity contribution in [1.82, 2.24) is 0 Å². The van der Waals surface area contributed by atoms with Crippen molar-refractivity contribution in [1.29, 1.82) is 0 Å². The maximum Gasteiger partial charge on any atom is 0.160 e. The maximum absolute atomic E-state index is 14.4. The van der Waals surface area contributed by atoms with Gasteiger partial charge in [0.05, 0.1) is 16.8 Å². The highest BCUT2D eigenvalue weighted by Gasteiger charge is 2.20. The molecule has 0 fully saturated rings. The molecule has 19 heavy (non-hydrogen) atoms. The van der Waals surface area contributed by atoms with E-state index in [4.69, 9.17) is 5.73 Å². The van der Waals surface area contributed by atoms with Crippen LogP contribution in [0.1, 0.15) is 32.3 Å². The zero-order valence-corrected chi connectivity index (χ0v) is 13.1. The first-order valence-corrected chi connectivity index (χ1v) is 7.44. The lowest BCUT2D eigenvalue weighted by molar-refractivity contribution is 0.295. The molecule has 0 aliphatic rings. The molecular formula is C14H22BrFN2O. The van der Waals surface area contributed by atoms with Gasteiger partial charge in [0, 0.05) is 19.1 Å². The van der Waals surface area contributed by atoms with E-state index in [2.05, 4.69) is 29.8 Å². The summed E-state index contributed by atoms with van der Waals surface area (Å²) in [6, 6.07) is 3.79. The Labute approximate surface area is 122 Å². The standard InChI is InChI=1S/C14H22BrFN2O/c1-3-11(4-2)18(7-8-19)12-6-5-10(9-17)13(15)14(12)16/h5-6,11,19H,3-4,7-9,17H2,1-2H3. The lowest BCUT2D eigenvalue weighted by atomic mass is 10.1. The van der Waals surface area contributed by atoms with Gasteiger partial charge in [-0.1, -0.05) is 19.9 Å². The molecule has 0 bridgehead atoms. The molecule has 0 heterocycles. The highest BCUT2D eigenvalue weighted by atomic mass is 79.9. The third kappa shape index (κ3) is 3.68. The molecule has 0 aliphatic heterocycles. The molecule has 1 aromatic rings. The van der Waals surface area contributed by atoms with E-state index in [-0.39, 0.29) is 18.5 Å².